The number of unbranched alkanes of at least 4 members (excludes halogenated alkanes) is 2. The fourth-order valence-corrected chi connectivity index (χ4v) is 3.53. The molecule has 24 heavy (non-hydrogen) atoms. The summed E-state index contributed by atoms with van der Waals surface area (Å²) in [5, 5.41) is 9.39. The molecule has 0 aromatic carbocycles. The predicted molar refractivity (Wildman–Crippen MR) is 92.5 cm³/mol. The summed E-state index contributed by atoms with van der Waals surface area (Å²) >= 11 is 1.21. The molecule has 0 aliphatic rings. The van der Waals surface area contributed by atoms with Crippen LogP contribution < -0.4 is 10.9 Å². The quantitative estimate of drug-likeness (QED) is 0.666. The van der Waals surface area contributed by atoms with E-state index in [9.17, 15) is 9.59 Å². The summed E-state index contributed by atoms with van der Waals surface area (Å²) in [6, 6.07) is 0. The molecule has 0 atom stereocenters. The highest BCUT2D eigenvalue weighted by Crippen LogP contribution is 2.27. The van der Waals surface area contributed by atoms with Crippen molar-refractivity contribution in [2.24, 2.45) is 0 Å². The van der Waals surface area contributed by atoms with Gasteiger partial charge in [-0.1, -0.05) is 19.8 Å². The molecule has 0 fully saturated rings. The van der Waals surface area contributed by atoms with Crippen LogP contribution in [0.5, 0.6) is 0 Å². The van der Waals surface area contributed by atoms with E-state index in [0.717, 1.165) is 19.3 Å². The molecule has 126 valence electrons. The van der Waals surface area contributed by atoms with E-state index < -0.39 is 0 Å². The summed E-state index contributed by atoms with van der Waals surface area (Å²) in [6.45, 7) is 4.53. The van der Waals surface area contributed by atoms with Gasteiger partial charge in [-0.3, -0.25) is 19.5 Å². The van der Waals surface area contributed by atoms with Gasteiger partial charge in [0.1, 0.15) is 11.2 Å². The first kappa shape index (κ1) is 16.3. The highest BCUT2D eigenvalue weighted by atomic mass is 32.1. The van der Waals surface area contributed by atoms with Gasteiger partial charge in [-0.25, -0.2) is 10.1 Å². The van der Waals surface area contributed by atoms with E-state index in [2.05, 4.69) is 32.4 Å². The van der Waals surface area contributed by atoms with Crippen LogP contribution in [0, 0.1) is 6.92 Å². The van der Waals surface area contributed by atoms with E-state index in [1.165, 1.54) is 17.7 Å². The van der Waals surface area contributed by atoms with Crippen molar-refractivity contribution in [2.45, 2.75) is 39.7 Å². The Labute approximate surface area is 142 Å². The minimum absolute atomic E-state index is 0.0939. The first-order valence-electron chi connectivity index (χ1n) is 7.77. The minimum atomic E-state index is -0.329. The van der Waals surface area contributed by atoms with Crippen molar-refractivity contribution in [3.8, 4) is 0 Å². The second kappa shape index (κ2) is 6.91. The standard InChI is InChI=1S/C15H18N6O2S/c1-3-4-5-6-21-8-17-13-10(14(21)23)9(2)11(24-13)12(22)19-15-16-7-18-20-15/h7-8H,3-6H2,1-2H3,(H2,16,18,19,20,22). The van der Waals surface area contributed by atoms with Crippen molar-refractivity contribution in [3.63, 3.8) is 0 Å². The van der Waals surface area contributed by atoms with Gasteiger partial charge in [-0.2, -0.15) is 10.1 Å². The lowest BCUT2D eigenvalue weighted by atomic mass is 10.2. The molecule has 0 aliphatic carbocycles. The van der Waals surface area contributed by atoms with Crippen molar-refractivity contribution >= 4 is 33.4 Å². The highest BCUT2D eigenvalue weighted by Gasteiger charge is 2.20. The van der Waals surface area contributed by atoms with E-state index in [4.69, 9.17) is 0 Å². The number of carbonyl (C=O) groups is 1. The lowest BCUT2D eigenvalue weighted by Gasteiger charge is -2.04. The number of aromatic nitrogens is 5. The van der Waals surface area contributed by atoms with Gasteiger partial charge in [0, 0.05) is 6.54 Å². The van der Waals surface area contributed by atoms with E-state index >= 15 is 0 Å². The van der Waals surface area contributed by atoms with Gasteiger partial charge in [-0.15, -0.1) is 11.3 Å². The molecular weight excluding hydrogens is 328 g/mol. The first-order valence-corrected chi connectivity index (χ1v) is 8.58. The molecule has 3 rings (SSSR count). The summed E-state index contributed by atoms with van der Waals surface area (Å²) in [5.41, 5.74) is 0.554. The van der Waals surface area contributed by atoms with E-state index in [-0.39, 0.29) is 17.4 Å². The van der Waals surface area contributed by atoms with Crippen molar-refractivity contribution in [3.05, 3.63) is 33.4 Å². The number of carbonyl (C=O) groups excluding carboxylic acids is 1. The number of nitrogens with zero attached hydrogens (tertiary/aromatic N) is 4. The topological polar surface area (TPSA) is 106 Å². The lowest BCUT2D eigenvalue weighted by Crippen LogP contribution is -2.20. The summed E-state index contributed by atoms with van der Waals surface area (Å²) in [6.07, 6.45) is 5.97. The molecule has 3 heterocycles. The Morgan fingerprint density at radius 3 is 2.92 bits per heavy atom. The van der Waals surface area contributed by atoms with Crippen LogP contribution in [0.15, 0.2) is 17.4 Å². The van der Waals surface area contributed by atoms with E-state index in [1.54, 1.807) is 17.8 Å². The Morgan fingerprint density at radius 2 is 2.21 bits per heavy atom. The third-order valence-electron chi connectivity index (χ3n) is 3.77. The number of aryl methyl sites for hydroxylation is 2. The fourth-order valence-electron chi connectivity index (χ4n) is 2.50. The second-order valence-electron chi connectivity index (χ2n) is 5.47. The SMILES string of the molecule is CCCCCn1cnc2sc(C(=O)Nc3ncn[nH]3)c(C)c2c1=O. The van der Waals surface area contributed by atoms with Crippen molar-refractivity contribution in [1.82, 2.24) is 24.7 Å². The van der Waals surface area contributed by atoms with Crippen LogP contribution >= 0.6 is 11.3 Å². The molecule has 0 radical (unpaired) electrons. The molecule has 3 aromatic heterocycles. The number of hydrogen-bond donors (Lipinski definition) is 2. The lowest BCUT2D eigenvalue weighted by molar-refractivity contribution is 0.102. The molecule has 9 heteroatoms. The average molecular weight is 346 g/mol. The molecule has 8 nitrogen and oxygen atoms in total. The number of rotatable bonds is 6. The molecule has 0 unspecified atom stereocenters. The van der Waals surface area contributed by atoms with Crippen LogP contribution in [0.2, 0.25) is 0 Å². The van der Waals surface area contributed by atoms with Crippen LogP contribution in [0.25, 0.3) is 10.2 Å². The van der Waals surface area contributed by atoms with E-state index in [1.807, 2.05) is 0 Å². The van der Waals surface area contributed by atoms with Gasteiger partial charge in [0.15, 0.2) is 0 Å². The van der Waals surface area contributed by atoms with Crippen LogP contribution in [-0.4, -0.2) is 30.6 Å². The van der Waals surface area contributed by atoms with Crippen LogP contribution in [0.4, 0.5) is 5.95 Å². The average Bonchev–Trinajstić information content (AvgIpc) is 3.18. The number of fused-ring (bicyclic) bond motifs is 1. The highest BCUT2D eigenvalue weighted by molar-refractivity contribution is 7.20. The number of amides is 1. The van der Waals surface area contributed by atoms with Crippen molar-refractivity contribution < 1.29 is 4.79 Å². The Morgan fingerprint density at radius 1 is 1.38 bits per heavy atom. The summed E-state index contributed by atoms with van der Waals surface area (Å²) in [4.78, 5) is 34.3. The normalized spacial score (nSPS) is 11.1. The molecule has 0 aliphatic heterocycles. The van der Waals surface area contributed by atoms with Crippen molar-refractivity contribution in [1.29, 1.82) is 0 Å². The molecule has 0 saturated carbocycles. The van der Waals surface area contributed by atoms with Gasteiger partial charge < -0.3 is 0 Å². The number of thiophene rings is 1. The fraction of sp³-hybridized carbons (Fsp3) is 0.400. The Balaban J connectivity index is 1.93. The smallest absolute Gasteiger partial charge is 0.268 e. The van der Waals surface area contributed by atoms with Gasteiger partial charge in [0.25, 0.3) is 11.5 Å². The molecule has 0 bridgehead atoms. The van der Waals surface area contributed by atoms with Crippen LogP contribution in [-0.2, 0) is 6.54 Å². The summed E-state index contributed by atoms with van der Waals surface area (Å²) in [5.74, 6) is -0.0639. The Kier molecular flexibility index (Phi) is 4.70. The minimum Gasteiger partial charge on any atom is -0.299 e. The number of hydrogen-bond acceptors (Lipinski definition) is 6. The Bertz CT molecular complexity index is 912. The zero-order chi connectivity index (χ0) is 17.1. The predicted octanol–water partition coefficient (Wildman–Crippen LogP) is 2.33. The van der Waals surface area contributed by atoms with Gasteiger partial charge >= 0.3 is 0 Å². The number of aromatic amines is 1. The molecule has 0 saturated heterocycles. The van der Waals surface area contributed by atoms with Gasteiger partial charge in [0.05, 0.1) is 16.6 Å². The maximum absolute atomic E-state index is 12.7. The molecular formula is C15H18N6O2S. The zero-order valence-corrected chi connectivity index (χ0v) is 14.3. The van der Waals surface area contributed by atoms with Crippen molar-refractivity contribution in [2.75, 3.05) is 5.32 Å². The van der Waals surface area contributed by atoms with Crippen LogP contribution in [0.3, 0.4) is 0 Å². The molecule has 1 amide bonds. The third-order valence-corrected chi connectivity index (χ3v) is 4.97. The summed E-state index contributed by atoms with van der Waals surface area (Å²) < 4.78 is 1.62. The zero-order valence-electron chi connectivity index (χ0n) is 13.5. The largest absolute Gasteiger partial charge is 0.299 e. The number of nitrogens with one attached hydrogen (secondary N) is 2. The number of H-pyrrole nitrogens is 1. The van der Waals surface area contributed by atoms with Gasteiger partial charge in [-0.05, 0) is 18.9 Å². The van der Waals surface area contributed by atoms with Gasteiger partial charge in [0.2, 0.25) is 5.95 Å². The first-order chi connectivity index (χ1) is 11.6. The van der Waals surface area contributed by atoms with E-state index in [0.29, 0.717) is 27.2 Å². The van der Waals surface area contributed by atoms with Crippen LogP contribution in [0.1, 0.15) is 41.4 Å². The molecule has 0 spiro atoms. The maximum atomic E-state index is 12.7. The summed E-state index contributed by atoms with van der Waals surface area (Å²) in [7, 11) is 0. The second-order valence-corrected chi connectivity index (χ2v) is 6.47. The number of anilines is 1. The third kappa shape index (κ3) is 3.07. The molecule has 2 N–H and O–H groups in total. The monoisotopic (exact) mass is 346 g/mol. The Hall–Kier alpha value is -2.55. The molecule has 3 aromatic rings. The maximum Gasteiger partial charge on any atom is 0.268 e.